The number of fused-ring (bicyclic) bond motifs is 2. The summed E-state index contributed by atoms with van der Waals surface area (Å²) in [6, 6.07) is 30.2. The van der Waals surface area contributed by atoms with Crippen molar-refractivity contribution in [2.75, 3.05) is 0 Å². The fraction of sp³-hybridized carbons (Fsp3) is 0.250. The zero-order valence-electron chi connectivity index (χ0n) is 23.7. The molecule has 5 rings (SSSR count). The molecule has 0 spiro atoms. The van der Waals surface area contributed by atoms with Crippen LogP contribution in [0.5, 0.6) is 0 Å². The molecule has 0 amide bonds. The van der Waals surface area contributed by atoms with E-state index in [0.29, 0.717) is 41.5 Å². The number of ether oxygens (including phenoxy) is 1. The van der Waals surface area contributed by atoms with E-state index in [1.165, 1.54) is 0 Å². The third-order valence-electron chi connectivity index (χ3n) is 7.45. The first-order chi connectivity index (χ1) is 19.6. The van der Waals surface area contributed by atoms with E-state index in [0.717, 1.165) is 22.3 Å². The average molecular weight is 546 g/mol. The molecule has 0 aliphatic heterocycles. The van der Waals surface area contributed by atoms with Gasteiger partial charge in [0.1, 0.15) is 5.60 Å². The zero-order valence-corrected chi connectivity index (χ0v) is 23.7. The van der Waals surface area contributed by atoms with Gasteiger partial charge in [0, 0.05) is 29.9 Å². The summed E-state index contributed by atoms with van der Waals surface area (Å²) in [6.45, 7) is 5.51. The van der Waals surface area contributed by atoms with Crippen molar-refractivity contribution in [2.45, 2.75) is 57.6 Å². The van der Waals surface area contributed by atoms with Crippen LogP contribution in [0, 0.1) is 0 Å². The molecule has 4 aromatic rings. The minimum absolute atomic E-state index is 0.0189. The van der Waals surface area contributed by atoms with Crippen LogP contribution in [0.1, 0.15) is 111 Å². The van der Waals surface area contributed by atoms with E-state index in [2.05, 4.69) is 0 Å². The normalized spacial score (nSPS) is 15.0. The molecule has 4 aromatic carbocycles. The predicted octanol–water partition coefficient (Wildman–Crippen LogP) is 7.42. The van der Waals surface area contributed by atoms with E-state index in [9.17, 15) is 14.4 Å². The van der Waals surface area contributed by atoms with Crippen molar-refractivity contribution in [2.24, 2.45) is 5.73 Å². The van der Waals surface area contributed by atoms with Crippen LogP contribution in [0.2, 0.25) is 0 Å². The molecule has 0 radical (unpaired) electrons. The van der Waals surface area contributed by atoms with Gasteiger partial charge in [0.15, 0.2) is 11.6 Å². The van der Waals surface area contributed by atoms with Crippen molar-refractivity contribution in [1.82, 2.24) is 0 Å². The number of ketones is 2. The number of Topliss-reactive ketones (excluding diaryl/α,β-unsaturated/α-hetero) is 2. The SMILES string of the molecule is CC(C)(C)OC(=O)c1cc(C(c2ccccc2)c2ccc3cc2C(=O)CCCC3=O)ccc1C(N)c1ccccc1. The number of hydrogen-bond donors (Lipinski definition) is 1. The van der Waals surface area contributed by atoms with E-state index in [4.69, 9.17) is 10.5 Å². The van der Waals surface area contributed by atoms with Crippen molar-refractivity contribution < 1.29 is 19.1 Å². The van der Waals surface area contributed by atoms with E-state index in [1.54, 1.807) is 6.07 Å². The van der Waals surface area contributed by atoms with Crippen LogP contribution in [0.25, 0.3) is 0 Å². The number of carbonyl (C=O) groups excluding carboxylic acids is 3. The highest BCUT2D eigenvalue weighted by Crippen LogP contribution is 2.38. The van der Waals surface area contributed by atoms with Gasteiger partial charge in [-0.1, -0.05) is 84.9 Å². The van der Waals surface area contributed by atoms with Crippen LogP contribution in [0.15, 0.2) is 97.1 Å². The minimum atomic E-state index is -0.699. The Bertz CT molecular complexity index is 1590. The first-order valence-corrected chi connectivity index (χ1v) is 14.1. The molecule has 2 bridgehead atoms. The van der Waals surface area contributed by atoms with Crippen molar-refractivity contribution in [3.05, 3.63) is 142 Å². The summed E-state index contributed by atoms with van der Waals surface area (Å²) in [5, 5.41) is 0. The standard InChI is InChI=1S/C36H35NO4/c1-36(2,3)41-35(40)30-22-26(18-20-28(30)34(37)24-13-8-5-9-14-24)33(23-11-6-4-7-12-23)27-19-17-25-21-29(27)32(39)16-10-15-31(25)38/h4-9,11-14,17-22,33-34H,10,15-16,37H2,1-3H3. The molecule has 0 saturated carbocycles. The molecule has 1 aliphatic carbocycles. The number of benzene rings is 4. The molecule has 2 atom stereocenters. The summed E-state index contributed by atoms with van der Waals surface area (Å²) in [5.41, 5.74) is 11.6. The first-order valence-electron chi connectivity index (χ1n) is 14.1. The zero-order chi connectivity index (χ0) is 29.1. The molecule has 2 unspecified atom stereocenters. The van der Waals surface area contributed by atoms with Gasteiger partial charge >= 0.3 is 5.97 Å². The van der Waals surface area contributed by atoms with Gasteiger partial charge in [-0.25, -0.2) is 4.79 Å². The van der Waals surface area contributed by atoms with E-state index in [-0.39, 0.29) is 17.5 Å². The Kier molecular flexibility index (Phi) is 8.00. The lowest BCUT2D eigenvalue weighted by Crippen LogP contribution is -2.26. The maximum atomic E-state index is 13.6. The molecule has 0 saturated heterocycles. The van der Waals surface area contributed by atoms with Crippen molar-refractivity contribution >= 4 is 17.5 Å². The number of esters is 1. The van der Waals surface area contributed by atoms with Crippen LogP contribution in [0.3, 0.4) is 0 Å². The Morgan fingerprint density at radius 3 is 2.00 bits per heavy atom. The second kappa shape index (κ2) is 11.6. The van der Waals surface area contributed by atoms with Crippen LogP contribution in [0.4, 0.5) is 0 Å². The summed E-state index contributed by atoms with van der Waals surface area (Å²) < 4.78 is 5.84. The Labute approximate surface area is 241 Å². The van der Waals surface area contributed by atoms with Gasteiger partial charge in [-0.2, -0.15) is 0 Å². The van der Waals surface area contributed by atoms with Crippen LogP contribution < -0.4 is 5.73 Å². The number of hydrogen-bond acceptors (Lipinski definition) is 5. The number of nitrogens with two attached hydrogens (primary N) is 1. The minimum Gasteiger partial charge on any atom is -0.456 e. The predicted molar refractivity (Wildman–Crippen MR) is 160 cm³/mol. The Balaban J connectivity index is 1.71. The first kappa shape index (κ1) is 28.2. The van der Waals surface area contributed by atoms with Gasteiger partial charge in [0.2, 0.25) is 0 Å². The van der Waals surface area contributed by atoms with Crippen LogP contribution in [-0.2, 0) is 4.74 Å². The van der Waals surface area contributed by atoms with Crippen molar-refractivity contribution in [3.8, 4) is 0 Å². The molecule has 0 heterocycles. The summed E-state index contributed by atoms with van der Waals surface area (Å²) in [4.78, 5) is 39.6. The maximum absolute atomic E-state index is 13.6. The second-order valence-corrected chi connectivity index (χ2v) is 11.6. The topological polar surface area (TPSA) is 86.5 Å². The van der Waals surface area contributed by atoms with Gasteiger partial charge in [-0.15, -0.1) is 0 Å². The van der Waals surface area contributed by atoms with Crippen LogP contribution in [-0.4, -0.2) is 23.1 Å². The molecule has 41 heavy (non-hydrogen) atoms. The third-order valence-corrected chi connectivity index (χ3v) is 7.45. The van der Waals surface area contributed by atoms with Gasteiger partial charge in [-0.3, -0.25) is 9.59 Å². The molecule has 1 aliphatic rings. The molecular weight excluding hydrogens is 510 g/mol. The average Bonchev–Trinajstić information content (AvgIpc) is 2.96. The third kappa shape index (κ3) is 6.21. The Morgan fingerprint density at radius 2 is 1.34 bits per heavy atom. The Hall–Kier alpha value is -4.35. The molecule has 0 fully saturated rings. The van der Waals surface area contributed by atoms with E-state index < -0.39 is 17.6 Å². The molecule has 0 aromatic heterocycles. The largest absolute Gasteiger partial charge is 0.456 e. The van der Waals surface area contributed by atoms with Crippen LogP contribution >= 0.6 is 0 Å². The van der Waals surface area contributed by atoms with E-state index >= 15 is 0 Å². The van der Waals surface area contributed by atoms with Gasteiger partial charge < -0.3 is 10.5 Å². The maximum Gasteiger partial charge on any atom is 0.339 e. The second-order valence-electron chi connectivity index (χ2n) is 11.6. The fourth-order valence-electron chi connectivity index (χ4n) is 5.48. The molecule has 208 valence electrons. The summed E-state index contributed by atoms with van der Waals surface area (Å²) in [7, 11) is 0. The van der Waals surface area contributed by atoms with Gasteiger partial charge in [-0.05, 0) is 67.1 Å². The lowest BCUT2D eigenvalue weighted by Gasteiger charge is -2.26. The lowest BCUT2D eigenvalue weighted by atomic mass is 9.79. The van der Waals surface area contributed by atoms with Crippen molar-refractivity contribution in [3.63, 3.8) is 0 Å². The smallest absolute Gasteiger partial charge is 0.339 e. The van der Waals surface area contributed by atoms with Gasteiger partial charge in [0.25, 0.3) is 0 Å². The van der Waals surface area contributed by atoms with Crippen molar-refractivity contribution in [1.29, 1.82) is 0 Å². The quantitative estimate of drug-likeness (QED) is 0.201. The highest BCUT2D eigenvalue weighted by Gasteiger charge is 2.29. The highest BCUT2D eigenvalue weighted by atomic mass is 16.6. The number of rotatable bonds is 6. The van der Waals surface area contributed by atoms with Gasteiger partial charge in [0.05, 0.1) is 11.6 Å². The number of carbonyl (C=O) groups is 3. The summed E-state index contributed by atoms with van der Waals surface area (Å²) >= 11 is 0. The van der Waals surface area contributed by atoms with E-state index in [1.807, 2.05) is 112 Å². The fourth-order valence-corrected chi connectivity index (χ4v) is 5.48. The monoisotopic (exact) mass is 545 g/mol. The molecule has 5 nitrogen and oxygen atoms in total. The summed E-state index contributed by atoms with van der Waals surface area (Å²) in [5.74, 6) is -0.750. The Morgan fingerprint density at radius 1 is 0.732 bits per heavy atom. The molecule has 5 heteroatoms. The lowest BCUT2D eigenvalue weighted by molar-refractivity contribution is 0.00676. The highest BCUT2D eigenvalue weighted by molar-refractivity contribution is 6.04. The summed E-state index contributed by atoms with van der Waals surface area (Å²) in [6.07, 6.45) is 1.22. The molecule has 2 N–H and O–H groups in total. The molecular formula is C36H35NO4.